The number of nitrogens with one attached hydrogen (secondary N) is 1. The molecule has 1 aromatic heterocycles. The van der Waals surface area contributed by atoms with Crippen molar-refractivity contribution in [3.63, 3.8) is 0 Å². The second-order valence-corrected chi connectivity index (χ2v) is 6.56. The third-order valence-corrected chi connectivity index (χ3v) is 5.31. The molecule has 1 N–H and O–H groups in total. The third-order valence-electron chi connectivity index (χ3n) is 3.26. The van der Waals surface area contributed by atoms with E-state index in [0.717, 1.165) is 22.5 Å². The highest BCUT2D eigenvalue weighted by Gasteiger charge is 2.21. The van der Waals surface area contributed by atoms with E-state index in [-0.39, 0.29) is 6.10 Å². The van der Waals surface area contributed by atoms with Crippen LogP contribution in [0.4, 0.5) is 0 Å². The summed E-state index contributed by atoms with van der Waals surface area (Å²) in [5.41, 5.74) is 0. The van der Waals surface area contributed by atoms with Gasteiger partial charge < -0.3 is 14.8 Å². The first-order valence-corrected chi connectivity index (χ1v) is 8.26. The van der Waals surface area contributed by atoms with Gasteiger partial charge >= 0.3 is 0 Å². The van der Waals surface area contributed by atoms with Crippen molar-refractivity contribution >= 4 is 27.3 Å². The highest BCUT2D eigenvalue weighted by atomic mass is 79.9. The van der Waals surface area contributed by atoms with Crippen LogP contribution in [-0.2, 0) is 0 Å². The second kappa shape index (κ2) is 6.16. The standard InChI is InChI=1S/C15H16BrNO2S/c1-10(15-12(16)6-7-20-15)17-8-11-9-18-13-4-2-3-5-14(13)19-11/h2-7,10-11,17H,8-9H2,1H3. The SMILES string of the molecule is CC(NCC1COc2ccccc2O1)c1sccc1Br. The first-order valence-electron chi connectivity index (χ1n) is 6.59. The second-order valence-electron chi connectivity index (χ2n) is 4.76. The molecule has 0 amide bonds. The Morgan fingerprint density at radius 1 is 1.35 bits per heavy atom. The summed E-state index contributed by atoms with van der Waals surface area (Å²) in [5.74, 6) is 1.66. The first kappa shape index (κ1) is 13.9. The lowest BCUT2D eigenvalue weighted by Gasteiger charge is -2.27. The van der Waals surface area contributed by atoms with Crippen molar-refractivity contribution in [1.82, 2.24) is 5.32 Å². The molecule has 20 heavy (non-hydrogen) atoms. The van der Waals surface area contributed by atoms with Crippen LogP contribution in [0, 0.1) is 0 Å². The predicted octanol–water partition coefficient (Wildman–Crippen LogP) is 4.00. The van der Waals surface area contributed by atoms with Gasteiger partial charge in [0.1, 0.15) is 12.7 Å². The van der Waals surface area contributed by atoms with E-state index in [1.807, 2.05) is 24.3 Å². The summed E-state index contributed by atoms with van der Waals surface area (Å²) in [4.78, 5) is 1.31. The third kappa shape index (κ3) is 3.00. The fraction of sp³-hybridized carbons (Fsp3) is 0.333. The van der Waals surface area contributed by atoms with E-state index in [0.29, 0.717) is 12.6 Å². The molecular weight excluding hydrogens is 338 g/mol. The molecule has 0 fully saturated rings. The van der Waals surface area contributed by atoms with Gasteiger partial charge in [0.25, 0.3) is 0 Å². The minimum Gasteiger partial charge on any atom is -0.486 e. The van der Waals surface area contributed by atoms with Crippen LogP contribution in [0.3, 0.4) is 0 Å². The van der Waals surface area contributed by atoms with Gasteiger partial charge in [0.15, 0.2) is 11.5 Å². The van der Waals surface area contributed by atoms with Crippen LogP contribution in [0.15, 0.2) is 40.2 Å². The Bertz CT molecular complexity index is 587. The Kier molecular flexibility index (Phi) is 4.29. The highest BCUT2D eigenvalue weighted by molar-refractivity contribution is 9.10. The van der Waals surface area contributed by atoms with E-state index < -0.39 is 0 Å². The monoisotopic (exact) mass is 353 g/mol. The van der Waals surface area contributed by atoms with Crippen molar-refractivity contribution in [2.24, 2.45) is 0 Å². The van der Waals surface area contributed by atoms with Crippen molar-refractivity contribution in [2.45, 2.75) is 19.1 Å². The van der Waals surface area contributed by atoms with E-state index in [1.165, 1.54) is 4.88 Å². The Balaban J connectivity index is 1.57. The van der Waals surface area contributed by atoms with Gasteiger partial charge in [-0.1, -0.05) is 12.1 Å². The van der Waals surface area contributed by atoms with Gasteiger partial charge in [0, 0.05) is 21.9 Å². The van der Waals surface area contributed by atoms with Crippen molar-refractivity contribution in [1.29, 1.82) is 0 Å². The van der Waals surface area contributed by atoms with Crippen LogP contribution in [0.5, 0.6) is 11.5 Å². The highest BCUT2D eigenvalue weighted by Crippen LogP contribution is 2.31. The smallest absolute Gasteiger partial charge is 0.161 e. The molecule has 3 rings (SSSR count). The van der Waals surface area contributed by atoms with Crippen LogP contribution in [0.2, 0.25) is 0 Å². The summed E-state index contributed by atoms with van der Waals surface area (Å²) < 4.78 is 12.8. The summed E-state index contributed by atoms with van der Waals surface area (Å²) in [6.07, 6.45) is 0.0473. The Morgan fingerprint density at radius 2 is 2.15 bits per heavy atom. The van der Waals surface area contributed by atoms with Crippen LogP contribution < -0.4 is 14.8 Å². The average molecular weight is 354 g/mol. The maximum Gasteiger partial charge on any atom is 0.161 e. The number of fused-ring (bicyclic) bond motifs is 1. The molecule has 3 nitrogen and oxygen atoms in total. The summed E-state index contributed by atoms with van der Waals surface area (Å²) in [7, 11) is 0. The van der Waals surface area contributed by atoms with Gasteiger partial charge in [-0.15, -0.1) is 11.3 Å². The van der Waals surface area contributed by atoms with E-state index >= 15 is 0 Å². The number of hydrogen-bond donors (Lipinski definition) is 1. The van der Waals surface area contributed by atoms with Gasteiger partial charge in [-0.2, -0.15) is 0 Å². The fourth-order valence-corrected chi connectivity index (χ4v) is 3.93. The van der Waals surface area contributed by atoms with Crippen LogP contribution in [0.1, 0.15) is 17.8 Å². The fourth-order valence-electron chi connectivity index (χ4n) is 2.18. The normalized spacial score (nSPS) is 18.8. The van der Waals surface area contributed by atoms with Crippen molar-refractivity contribution in [2.75, 3.05) is 13.2 Å². The van der Waals surface area contributed by atoms with E-state index in [9.17, 15) is 0 Å². The summed E-state index contributed by atoms with van der Waals surface area (Å²) in [6, 6.07) is 10.2. The number of hydrogen-bond acceptors (Lipinski definition) is 4. The first-order chi connectivity index (χ1) is 9.74. The minimum atomic E-state index is 0.0473. The average Bonchev–Trinajstić information content (AvgIpc) is 2.91. The zero-order valence-electron chi connectivity index (χ0n) is 11.1. The molecule has 1 aliphatic heterocycles. The zero-order valence-corrected chi connectivity index (χ0v) is 13.5. The molecule has 1 aromatic carbocycles. The Morgan fingerprint density at radius 3 is 2.90 bits per heavy atom. The Hall–Kier alpha value is -1.04. The minimum absolute atomic E-state index is 0.0473. The van der Waals surface area contributed by atoms with E-state index in [2.05, 4.69) is 39.6 Å². The molecule has 2 heterocycles. The molecule has 0 spiro atoms. The molecule has 1 aliphatic rings. The maximum atomic E-state index is 5.93. The molecule has 0 saturated carbocycles. The van der Waals surface area contributed by atoms with Crippen molar-refractivity contribution in [3.8, 4) is 11.5 Å². The van der Waals surface area contributed by atoms with Gasteiger partial charge in [-0.25, -0.2) is 0 Å². The lowest BCUT2D eigenvalue weighted by Crippen LogP contribution is -2.39. The molecule has 5 heteroatoms. The van der Waals surface area contributed by atoms with E-state index in [1.54, 1.807) is 11.3 Å². The molecule has 2 aromatic rings. The molecule has 0 aliphatic carbocycles. The van der Waals surface area contributed by atoms with E-state index in [4.69, 9.17) is 9.47 Å². The van der Waals surface area contributed by atoms with Gasteiger partial charge in [-0.3, -0.25) is 0 Å². The molecular formula is C15H16BrNO2S. The summed E-state index contributed by atoms with van der Waals surface area (Å²) in [6.45, 7) is 3.51. The van der Waals surface area contributed by atoms with Gasteiger partial charge in [0.2, 0.25) is 0 Å². The van der Waals surface area contributed by atoms with Gasteiger partial charge in [0.05, 0.1) is 0 Å². The lowest BCUT2D eigenvalue weighted by molar-refractivity contribution is 0.0886. The number of para-hydroxylation sites is 2. The van der Waals surface area contributed by atoms with Gasteiger partial charge in [-0.05, 0) is 46.4 Å². The lowest BCUT2D eigenvalue weighted by atomic mass is 10.2. The van der Waals surface area contributed by atoms with Crippen molar-refractivity contribution < 1.29 is 9.47 Å². The molecule has 106 valence electrons. The number of benzene rings is 1. The maximum absolute atomic E-state index is 5.93. The molecule has 0 saturated heterocycles. The predicted molar refractivity (Wildman–Crippen MR) is 84.8 cm³/mol. The molecule has 2 atom stereocenters. The number of ether oxygens (including phenoxy) is 2. The number of rotatable bonds is 4. The van der Waals surface area contributed by atoms with Crippen molar-refractivity contribution in [3.05, 3.63) is 45.1 Å². The largest absolute Gasteiger partial charge is 0.486 e. The molecule has 2 unspecified atom stereocenters. The number of halogens is 1. The molecule has 0 radical (unpaired) electrons. The Labute approximate surface area is 131 Å². The quantitative estimate of drug-likeness (QED) is 0.900. The number of thiophene rings is 1. The zero-order chi connectivity index (χ0) is 13.9. The summed E-state index contributed by atoms with van der Waals surface area (Å²) in [5, 5.41) is 5.59. The van der Waals surface area contributed by atoms with Crippen LogP contribution in [0.25, 0.3) is 0 Å². The molecule has 0 bridgehead atoms. The summed E-state index contributed by atoms with van der Waals surface area (Å²) >= 11 is 5.32. The van der Waals surface area contributed by atoms with Crippen LogP contribution in [-0.4, -0.2) is 19.3 Å². The topological polar surface area (TPSA) is 30.5 Å². The van der Waals surface area contributed by atoms with Crippen LogP contribution >= 0.6 is 27.3 Å².